The summed E-state index contributed by atoms with van der Waals surface area (Å²) in [6.07, 6.45) is -1.17. The summed E-state index contributed by atoms with van der Waals surface area (Å²) in [6.45, 7) is 1.95. The number of benzene rings is 2. The average Bonchev–Trinajstić information content (AvgIpc) is 3.13. The summed E-state index contributed by atoms with van der Waals surface area (Å²) in [5, 5.41) is 15.0. The molecule has 1 N–H and O–H groups in total. The molecule has 2 atom stereocenters. The highest BCUT2D eigenvalue weighted by atomic mass is 16.7. The summed E-state index contributed by atoms with van der Waals surface area (Å²) in [5.41, 5.74) is 1.18. The molecule has 1 aliphatic rings. The second-order valence-corrected chi connectivity index (χ2v) is 6.20. The normalized spacial score (nSPS) is 20.1. The van der Waals surface area contributed by atoms with E-state index in [9.17, 15) is 9.90 Å². The Hall–Kier alpha value is -2.86. The summed E-state index contributed by atoms with van der Waals surface area (Å²) < 4.78 is 10.3. The van der Waals surface area contributed by atoms with Gasteiger partial charge in [-0.2, -0.15) is 0 Å². The number of methoxy groups -OCH3 is 2. The van der Waals surface area contributed by atoms with Gasteiger partial charge in [-0.1, -0.05) is 47.1 Å². The number of aryl methyl sites for hydroxylation is 1. The van der Waals surface area contributed by atoms with Crippen LogP contribution in [0.2, 0.25) is 0 Å². The van der Waals surface area contributed by atoms with Crippen molar-refractivity contribution >= 4 is 11.7 Å². The van der Waals surface area contributed by atoms with Crippen molar-refractivity contribution < 1.29 is 24.2 Å². The Kier molecular flexibility index (Phi) is 4.95. The number of para-hydroxylation sites is 1. The number of oxime groups is 1. The molecule has 1 aliphatic heterocycles. The molecule has 0 amide bonds. The molecule has 2 aromatic rings. The maximum Gasteiger partial charge on any atom is 0.356 e. The Morgan fingerprint density at radius 2 is 1.88 bits per heavy atom. The molecule has 0 aromatic heterocycles. The van der Waals surface area contributed by atoms with Gasteiger partial charge in [0.2, 0.25) is 0 Å². The van der Waals surface area contributed by atoms with Gasteiger partial charge in [0.15, 0.2) is 0 Å². The minimum Gasteiger partial charge on any atom is -0.496 e. The molecule has 6 heteroatoms. The first kappa shape index (κ1) is 17.9. The summed E-state index contributed by atoms with van der Waals surface area (Å²) >= 11 is 0. The highest BCUT2D eigenvalue weighted by molar-refractivity contribution is 6.06. The van der Waals surface area contributed by atoms with E-state index in [1.807, 2.05) is 37.3 Å². The molecule has 0 saturated carbocycles. The number of carbonyl (C=O) groups is 1. The minimum atomic E-state index is -1.64. The standard InChI is InChI=1S/C20H21NO5/c1-13-8-10-14(11-9-13)18(22)20(19(23)25-3)12-16(21-26-20)15-6-4-5-7-17(15)24-2/h4-11,18,22H,12H2,1-3H3. The molecule has 0 radical (unpaired) electrons. The highest BCUT2D eigenvalue weighted by Crippen LogP contribution is 2.40. The third-order valence-electron chi connectivity index (χ3n) is 4.53. The topological polar surface area (TPSA) is 77.4 Å². The molecule has 0 fully saturated rings. The SMILES string of the molecule is COC(=O)C1(C(O)c2ccc(C)cc2)CC(c2ccccc2OC)=NO1. The lowest BCUT2D eigenvalue weighted by atomic mass is 9.85. The second kappa shape index (κ2) is 7.17. The van der Waals surface area contributed by atoms with Gasteiger partial charge in [0.25, 0.3) is 5.60 Å². The van der Waals surface area contributed by atoms with Crippen molar-refractivity contribution in [1.82, 2.24) is 0 Å². The molecular formula is C20H21NO5. The van der Waals surface area contributed by atoms with Crippen LogP contribution in [0.25, 0.3) is 0 Å². The molecule has 0 aliphatic carbocycles. The maximum atomic E-state index is 12.5. The quantitative estimate of drug-likeness (QED) is 0.835. The highest BCUT2D eigenvalue weighted by Gasteiger charge is 2.54. The first-order valence-electron chi connectivity index (χ1n) is 8.23. The zero-order valence-electron chi connectivity index (χ0n) is 14.9. The zero-order valence-corrected chi connectivity index (χ0v) is 14.9. The van der Waals surface area contributed by atoms with E-state index >= 15 is 0 Å². The van der Waals surface area contributed by atoms with Gasteiger partial charge in [0.05, 0.1) is 26.4 Å². The van der Waals surface area contributed by atoms with Gasteiger partial charge in [0.1, 0.15) is 11.9 Å². The fourth-order valence-electron chi connectivity index (χ4n) is 3.04. The van der Waals surface area contributed by atoms with Crippen molar-refractivity contribution in [2.24, 2.45) is 5.16 Å². The van der Waals surface area contributed by atoms with Crippen LogP contribution in [0.3, 0.4) is 0 Å². The lowest BCUT2D eigenvalue weighted by molar-refractivity contribution is -0.182. The zero-order chi connectivity index (χ0) is 18.7. The predicted molar refractivity (Wildman–Crippen MR) is 96.1 cm³/mol. The third-order valence-corrected chi connectivity index (χ3v) is 4.53. The van der Waals surface area contributed by atoms with Gasteiger partial charge in [-0.25, -0.2) is 4.79 Å². The maximum absolute atomic E-state index is 12.5. The van der Waals surface area contributed by atoms with Crippen LogP contribution in [0.1, 0.15) is 29.2 Å². The molecule has 0 spiro atoms. The Morgan fingerprint density at radius 1 is 1.19 bits per heavy atom. The predicted octanol–water partition coefficient (Wildman–Crippen LogP) is 2.77. The van der Waals surface area contributed by atoms with Crippen LogP contribution in [0.15, 0.2) is 53.7 Å². The number of hydrogen-bond acceptors (Lipinski definition) is 6. The Morgan fingerprint density at radius 3 is 2.54 bits per heavy atom. The van der Waals surface area contributed by atoms with E-state index in [1.165, 1.54) is 7.11 Å². The largest absolute Gasteiger partial charge is 0.496 e. The number of rotatable bonds is 5. The fraction of sp³-hybridized carbons (Fsp3) is 0.300. The molecule has 6 nitrogen and oxygen atoms in total. The first-order valence-corrected chi connectivity index (χ1v) is 8.23. The fourth-order valence-corrected chi connectivity index (χ4v) is 3.04. The van der Waals surface area contributed by atoms with Gasteiger partial charge >= 0.3 is 5.97 Å². The van der Waals surface area contributed by atoms with E-state index in [0.717, 1.165) is 5.56 Å². The average molecular weight is 355 g/mol. The minimum absolute atomic E-state index is 0.0646. The first-order chi connectivity index (χ1) is 12.5. The van der Waals surface area contributed by atoms with E-state index in [0.29, 0.717) is 22.6 Å². The van der Waals surface area contributed by atoms with Crippen LogP contribution in [-0.2, 0) is 14.4 Å². The number of hydrogen-bond donors (Lipinski definition) is 1. The lowest BCUT2D eigenvalue weighted by Gasteiger charge is -2.29. The molecule has 136 valence electrons. The molecule has 0 bridgehead atoms. The van der Waals surface area contributed by atoms with Crippen LogP contribution in [0, 0.1) is 6.92 Å². The summed E-state index contributed by atoms with van der Waals surface area (Å²) in [6, 6.07) is 14.5. The monoisotopic (exact) mass is 355 g/mol. The molecule has 1 heterocycles. The van der Waals surface area contributed by atoms with Crippen molar-refractivity contribution in [1.29, 1.82) is 0 Å². The smallest absolute Gasteiger partial charge is 0.356 e. The van der Waals surface area contributed by atoms with E-state index in [4.69, 9.17) is 14.3 Å². The number of carbonyl (C=O) groups excluding carboxylic acids is 1. The number of aliphatic hydroxyl groups is 1. The van der Waals surface area contributed by atoms with Crippen molar-refractivity contribution in [3.8, 4) is 5.75 Å². The van der Waals surface area contributed by atoms with E-state index < -0.39 is 17.7 Å². The molecule has 0 saturated heterocycles. The van der Waals surface area contributed by atoms with Gasteiger partial charge in [-0.05, 0) is 24.6 Å². The summed E-state index contributed by atoms with van der Waals surface area (Å²) in [7, 11) is 2.82. The Bertz CT molecular complexity index is 830. The van der Waals surface area contributed by atoms with Crippen LogP contribution in [0.5, 0.6) is 5.75 Å². The Labute approximate surface area is 152 Å². The molecular weight excluding hydrogens is 334 g/mol. The van der Waals surface area contributed by atoms with Gasteiger partial charge < -0.3 is 19.4 Å². The number of ether oxygens (including phenoxy) is 2. The van der Waals surface area contributed by atoms with E-state index in [1.54, 1.807) is 25.3 Å². The lowest BCUT2D eigenvalue weighted by Crippen LogP contribution is -2.46. The number of esters is 1. The van der Waals surface area contributed by atoms with Crippen molar-refractivity contribution in [2.75, 3.05) is 14.2 Å². The molecule has 3 rings (SSSR count). The molecule has 26 heavy (non-hydrogen) atoms. The van der Waals surface area contributed by atoms with Gasteiger partial charge in [-0.3, -0.25) is 0 Å². The number of nitrogens with zero attached hydrogens (tertiary/aromatic N) is 1. The van der Waals surface area contributed by atoms with Crippen LogP contribution in [0.4, 0.5) is 0 Å². The van der Waals surface area contributed by atoms with Gasteiger partial charge in [0, 0.05) is 5.56 Å². The molecule has 2 aromatic carbocycles. The Balaban J connectivity index is 1.96. The van der Waals surface area contributed by atoms with Crippen molar-refractivity contribution in [3.05, 3.63) is 65.2 Å². The van der Waals surface area contributed by atoms with Crippen LogP contribution < -0.4 is 4.74 Å². The summed E-state index contributed by atoms with van der Waals surface area (Å²) in [5.74, 6) is -0.0698. The van der Waals surface area contributed by atoms with Gasteiger partial charge in [-0.15, -0.1) is 0 Å². The third kappa shape index (κ3) is 3.04. The van der Waals surface area contributed by atoms with Crippen molar-refractivity contribution in [2.45, 2.75) is 25.0 Å². The summed E-state index contributed by atoms with van der Waals surface area (Å²) in [4.78, 5) is 18.1. The van der Waals surface area contributed by atoms with Crippen LogP contribution >= 0.6 is 0 Å². The van der Waals surface area contributed by atoms with Crippen LogP contribution in [-0.4, -0.2) is 36.6 Å². The van der Waals surface area contributed by atoms with E-state index in [-0.39, 0.29) is 6.42 Å². The molecule has 2 unspecified atom stereocenters. The van der Waals surface area contributed by atoms with Crippen molar-refractivity contribution in [3.63, 3.8) is 0 Å². The second-order valence-electron chi connectivity index (χ2n) is 6.20. The number of aliphatic hydroxyl groups excluding tert-OH is 1. The van der Waals surface area contributed by atoms with E-state index in [2.05, 4.69) is 5.16 Å².